The van der Waals surface area contributed by atoms with Crippen molar-refractivity contribution in [1.29, 1.82) is 0 Å². The van der Waals surface area contributed by atoms with Crippen LogP contribution in [0.2, 0.25) is 0 Å². The lowest BCUT2D eigenvalue weighted by molar-refractivity contribution is 0.189. The average Bonchev–Trinajstić information content (AvgIpc) is 2.25. The van der Waals surface area contributed by atoms with Crippen molar-refractivity contribution in [2.75, 3.05) is 33.2 Å². The molecule has 0 amide bonds. The van der Waals surface area contributed by atoms with Crippen LogP contribution >= 0.6 is 0 Å². The van der Waals surface area contributed by atoms with E-state index >= 15 is 0 Å². The van der Waals surface area contributed by atoms with Gasteiger partial charge in [-0.15, -0.1) is 0 Å². The van der Waals surface area contributed by atoms with Crippen molar-refractivity contribution in [3.63, 3.8) is 0 Å². The zero-order valence-corrected chi connectivity index (χ0v) is 11.8. The molecule has 0 radical (unpaired) electrons. The maximum absolute atomic E-state index is 3.80. The van der Waals surface area contributed by atoms with Gasteiger partial charge in [0, 0.05) is 18.1 Å². The summed E-state index contributed by atoms with van der Waals surface area (Å²) in [6.45, 7) is 9.57. The summed E-state index contributed by atoms with van der Waals surface area (Å²) in [5, 5.41) is 7.39. The summed E-state index contributed by atoms with van der Waals surface area (Å²) in [5.74, 6) is 0.867. The Morgan fingerprint density at radius 2 is 2.18 bits per heavy atom. The summed E-state index contributed by atoms with van der Waals surface area (Å²) in [4.78, 5) is 2.47. The third kappa shape index (κ3) is 4.23. The van der Waals surface area contributed by atoms with Gasteiger partial charge in [-0.1, -0.05) is 0 Å². The van der Waals surface area contributed by atoms with Crippen molar-refractivity contribution in [3.8, 4) is 0 Å². The molecule has 100 valence electrons. The minimum Gasteiger partial charge on any atom is -0.314 e. The maximum atomic E-state index is 3.80. The molecule has 0 aromatic rings. The Balaban J connectivity index is 1.70. The molecule has 0 aromatic heterocycles. The van der Waals surface area contributed by atoms with Crippen molar-refractivity contribution >= 4 is 0 Å². The molecule has 0 aliphatic carbocycles. The predicted octanol–water partition coefficient (Wildman–Crippen LogP) is 1.45. The molecule has 2 N–H and O–H groups in total. The summed E-state index contributed by atoms with van der Waals surface area (Å²) >= 11 is 0. The molecule has 3 heteroatoms. The maximum Gasteiger partial charge on any atom is 0.0139 e. The summed E-state index contributed by atoms with van der Waals surface area (Å²) in [7, 11) is 2.25. The van der Waals surface area contributed by atoms with Crippen LogP contribution in [0.3, 0.4) is 0 Å². The van der Waals surface area contributed by atoms with E-state index in [4.69, 9.17) is 0 Å². The highest BCUT2D eigenvalue weighted by Crippen LogP contribution is 2.19. The molecule has 2 aliphatic heterocycles. The number of rotatable bonds is 3. The fourth-order valence-electron chi connectivity index (χ4n) is 3.32. The molecule has 0 saturated carbocycles. The largest absolute Gasteiger partial charge is 0.314 e. The van der Waals surface area contributed by atoms with E-state index in [0.717, 1.165) is 18.5 Å². The smallest absolute Gasteiger partial charge is 0.0139 e. The number of nitrogens with one attached hydrogen (secondary N) is 2. The minimum absolute atomic E-state index is 0.319. The lowest BCUT2D eigenvalue weighted by atomic mass is 9.89. The molecule has 2 saturated heterocycles. The first-order valence-electron chi connectivity index (χ1n) is 7.22. The van der Waals surface area contributed by atoms with Gasteiger partial charge in [0.1, 0.15) is 0 Å². The molecule has 0 bridgehead atoms. The molecule has 2 unspecified atom stereocenters. The van der Waals surface area contributed by atoms with E-state index in [1.807, 2.05) is 0 Å². The van der Waals surface area contributed by atoms with Crippen LogP contribution in [0.4, 0.5) is 0 Å². The van der Waals surface area contributed by atoms with Gasteiger partial charge in [0.05, 0.1) is 0 Å². The Morgan fingerprint density at radius 1 is 1.35 bits per heavy atom. The van der Waals surface area contributed by atoms with E-state index in [1.165, 1.54) is 45.3 Å². The average molecular weight is 239 g/mol. The van der Waals surface area contributed by atoms with Crippen LogP contribution in [0, 0.1) is 5.92 Å². The van der Waals surface area contributed by atoms with Crippen molar-refractivity contribution in [2.24, 2.45) is 5.92 Å². The normalized spacial score (nSPS) is 34.8. The van der Waals surface area contributed by atoms with Crippen LogP contribution in [-0.2, 0) is 0 Å². The van der Waals surface area contributed by atoms with E-state index in [1.54, 1.807) is 0 Å². The zero-order chi connectivity index (χ0) is 12.3. The lowest BCUT2D eigenvalue weighted by Gasteiger charge is -2.38. The molecule has 17 heavy (non-hydrogen) atoms. The molecule has 0 aromatic carbocycles. The molecule has 2 fully saturated rings. The van der Waals surface area contributed by atoms with Gasteiger partial charge in [0.25, 0.3) is 0 Å². The van der Waals surface area contributed by atoms with Gasteiger partial charge in [-0.3, -0.25) is 0 Å². The van der Waals surface area contributed by atoms with Crippen LogP contribution in [0.25, 0.3) is 0 Å². The van der Waals surface area contributed by atoms with Crippen LogP contribution in [0.15, 0.2) is 0 Å². The Labute approximate surface area is 106 Å². The van der Waals surface area contributed by atoms with Gasteiger partial charge in [0.2, 0.25) is 0 Å². The number of hydrogen-bond donors (Lipinski definition) is 2. The molecular weight excluding hydrogens is 210 g/mol. The highest BCUT2D eigenvalue weighted by Gasteiger charge is 2.27. The van der Waals surface area contributed by atoms with Gasteiger partial charge in [-0.25, -0.2) is 0 Å². The van der Waals surface area contributed by atoms with Gasteiger partial charge < -0.3 is 15.5 Å². The first-order valence-corrected chi connectivity index (χ1v) is 7.22. The minimum atomic E-state index is 0.319. The van der Waals surface area contributed by atoms with E-state index in [0.29, 0.717) is 5.54 Å². The van der Waals surface area contributed by atoms with E-state index in [-0.39, 0.29) is 0 Å². The molecule has 0 spiro atoms. The summed E-state index contributed by atoms with van der Waals surface area (Å²) in [6.07, 6.45) is 5.33. The number of nitrogens with zero attached hydrogens (tertiary/aromatic N) is 1. The van der Waals surface area contributed by atoms with E-state index < -0.39 is 0 Å². The molecular formula is C14H29N3. The number of hydrogen-bond acceptors (Lipinski definition) is 3. The summed E-state index contributed by atoms with van der Waals surface area (Å²) in [5.41, 5.74) is 0.319. The van der Waals surface area contributed by atoms with E-state index in [2.05, 4.69) is 36.4 Å². The summed E-state index contributed by atoms with van der Waals surface area (Å²) in [6, 6.07) is 0.721. The topological polar surface area (TPSA) is 27.3 Å². The van der Waals surface area contributed by atoms with Crippen LogP contribution in [0.1, 0.15) is 39.5 Å². The molecule has 2 rings (SSSR count). The van der Waals surface area contributed by atoms with Gasteiger partial charge in [-0.2, -0.15) is 0 Å². The van der Waals surface area contributed by atoms with Gasteiger partial charge in [0.15, 0.2) is 0 Å². The van der Waals surface area contributed by atoms with Crippen LogP contribution < -0.4 is 10.6 Å². The third-order valence-corrected chi connectivity index (χ3v) is 4.27. The molecule has 2 heterocycles. The lowest BCUT2D eigenvalue weighted by Crippen LogP contribution is -2.53. The number of piperidine rings is 2. The van der Waals surface area contributed by atoms with Gasteiger partial charge in [-0.05, 0) is 72.1 Å². The second-order valence-corrected chi connectivity index (χ2v) is 6.68. The van der Waals surface area contributed by atoms with E-state index in [9.17, 15) is 0 Å². The van der Waals surface area contributed by atoms with Crippen molar-refractivity contribution in [3.05, 3.63) is 0 Å². The predicted molar refractivity (Wildman–Crippen MR) is 73.3 cm³/mol. The fourth-order valence-corrected chi connectivity index (χ4v) is 3.32. The van der Waals surface area contributed by atoms with Crippen molar-refractivity contribution < 1.29 is 0 Å². The monoisotopic (exact) mass is 239 g/mol. The third-order valence-electron chi connectivity index (χ3n) is 4.27. The summed E-state index contributed by atoms with van der Waals surface area (Å²) < 4.78 is 0. The van der Waals surface area contributed by atoms with Crippen LogP contribution in [-0.4, -0.2) is 49.7 Å². The first-order chi connectivity index (χ1) is 8.05. The Hall–Kier alpha value is -0.120. The quantitative estimate of drug-likeness (QED) is 0.780. The van der Waals surface area contributed by atoms with Crippen molar-refractivity contribution in [1.82, 2.24) is 15.5 Å². The second-order valence-electron chi connectivity index (χ2n) is 6.68. The Kier molecular flexibility index (Phi) is 4.45. The fraction of sp³-hybridized carbons (Fsp3) is 1.00. The molecule has 3 nitrogen and oxygen atoms in total. The Bertz CT molecular complexity index is 240. The Morgan fingerprint density at radius 3 is 2.88 bits per heavy atom. The van der Waals surface area contributed by atoms with Gasteiger partial charge >= 0.3 is 0 Å². The standard InChI is InChI=1S/C14H29N3/c1-14(2)9-13(6-7-16-14)15-10-12-5-4-8-17(3)11-12/h12-13,15-16H,4-11H2,1-3H3. The van der Waals surface area contributed by atoms with Crippen LogP contribution in [0.5, 0.6) is 0 Å². The SMILES string of the molecule is CN1CCCC(CNC2CCNC(C)(C)C2)C1. The molecule has 2 aliphatic rings. The first kappa shape index (κ1) is 13.3. The highest BCUT2D eigenvalue weighted by atomic mass is 15.1. The number of likely N-dealkylation sites (tertiary alicyclic amines) is 1. The highest BCUT2D eigenvalue weighted by molar-refractivity contribution is 4.89. The van der Waals surface area contributed by atoms with Crippen molar-refractivity contribution in [2.45, 2.75) is 51.1 Å². The zero-order valence-electron chi connectivity index (χ0n) is 11.8. The molecule has 2 atom stereocenters. The second kappa shape index (κ2) is 5.68.